The normalized spacial score (nSPS) is 23.7. The summed E-state index contributed by atoms with van der Waals surface area (Å²) in [4.78, 5) is 31.9. The number of hydrogen-bond acceptors (Lipinski definition) is 4. The third kappa shape index (κ3) is 7.54. The van der Waals surface area contributed by atoms with Gasteiger partial charge in [0.25, 0.3) is 0 Å². The summed E-state index contributed by atoms with van der Waals surface area (Å²) in [5.74, 6) is 1.98. The molecule has 6 heteroatoms. The highest BCUT2D eigenvalue weighted by Crippen LogP contribution is 2.29. The van der Waals surface area contributed by atoms with Crippen molar-refractivity contribution in [3.8, 4) is 0 Å². The van der Waals surface area contributed by atoms with Crippen LogP contribution in [-0.2, 0) is 14.3 Å². The van der Waals surface area contributed by atoms with Crippen molar-refractivity contribution in [3.63, 3.8) is 0 Å². The number of nitrogens with zero attached hydrogens (tertiary/aromatic N) is 3. The summed E-state index contributed by atoms with van der Waals surface area (Å²) in [5.41, 5.74) is 1.23. The Balaban J connectivity index is 1.27. The minimum atomic E-state index is -0.289. The summed E-state index contributed by atoms with van der Waals surface area (Å²) in [6.45, 7) is 18.3. The van der Waals surface area contributed by atoms with Crippen molar-refractivity contribution < 1.29 is 14.3 Å². The molecule has 33 heavy (non-hydrogen) atoms. The van der Waals surface area contributed by atoms with Gasteiger partial charge >= 0.3 is 0 Å². The van der Waals surface area contributed by atoms with Crippen LogP contribution in [0.25, 0.3) is 0 Å². The van der Waals surface area contributed by atoms with Gasteiger partial charge in [-0.2, -0.15) is 0 Å². The fourth-order valence-corrected chi connectivity index (χ4v) is 5.27. The molecule has 0 spiro atoms. The third-order valence-electron chi connectivity index (χ3n) is 7.67. The van der Waals surface area contributed by atoms with Crippen molar-refractivity contribution in [2.45, 2.75) is 66.7 Å². The molecule has 0 saturated carbocycles. The van der Waals surface area contributed by atoms with Gasteiger partial charge in [0.2, 0.25) is 11.8 Å². The Hall–Kier alpha value is -1.40. The number of rotatable bonds is 7. The smallest absolute Gasteiger partial charge is 0.227 e. The number of carbonyl (C=O) groups excluding carboxylic acids is 2. The Morgan fingerprint density at radius 2 is 1.67 bits per heavy atom. The van der Waals surface area contributed by atoms with Crippen LogP contribution in [0.1, 0.15) is 66.7 Å². The average Bonchev–Trinajstić information content (AvgIpc) is 2.81. The van der Waals surface area contributed by atoms with Crippen LogP contribution in [0.5, 0.6) is 0 Å². The largest absolute Gasteiger partial charge is 0.380 e. The molecule has 0 aromatic carbocycles. The standard InChI is InChI=1S/C27H47N3O3/c1-21(2)23-6-8-24(9-7-23)25(31)29-16-14-28(15-17-29)18-19-33-20-22-10-12-30(13-11-22)26(32)27(3,4)5/h6,21-22,24H,7-20H2,1-5H3. The summed E-state index contributed by atoms with van der Waals surface area (Å²) in [5, 5.41) is 0. The van der Waals surface area contributed by atoms with Gasteiger partial charge in [-0.05, 0) is 43.9 Å². The van der Waals surface area contributed by atoms with Crippen LogP contribution in [0.3, 0.4) is 0 Å². The Morgan fingerprint density at radius 1 is 1.00 bits per heavy atom. The van der Waals surface area contributed by atoms with E-state index in [2.05, 4.69) is 29.7 Å². The van der Waals surface area contributed by atoms with E-state index in [-0.39, 0.29) is 17.2 Å². The molecule has 0 N–H and O–H groups in total. The highest BCUT2D eigenvalue weighted by molar-refractivity contribution is 5.81. The molecule has 2 amide bonds. The van der Waals surface area contributed by atoms with Crippen LogP contribution in [-0.4, -0.2) is 85.5 Å². The quantitative estimate of drug-likeness (QED) is 0.427. The molecule has 2 heterocycles. The average molecular weight is 462 g/mol. The molecule has 2 saturated heterocycles. The zero-order valence-electron chi connectivity index (χ0n) is 21.8. The van der Waals surface area contributed by atoms with E-state index in [9.17, 15) is 9.59 Å². The van der Waals surface area contributed by atoms with E-state index in [1.54, 1.807) is 0 Å². The fourth-order valence-electron chi connectivity index (χ4n) is 5.27. The monoisotopic (exact) mass is 461 g/mol. The predicted octanol–water partition coefficient (Wildman–Crippen LogP) is 3.81. The Kier molecular flexibility index (Phi) is 9.40. The maximum absolute atomic E-state index is 12.9. The predicted molar refractivity (Wildman–Crippen MR) is 133 cm³/mol. The van der Waals surface area contributed by atoms with Gasteiger partial charge in [0, 0.05) is 63.8 Å². The number of amides is 2. The lowest BCUT2D eigenvalue weighted by Gasteiger charge is -2.37. The van der Waals surface area contributed by atoms with Gasteiger partial charge in [-0.1, -0.05) is 46.3 Å². The number of likely N-dealkylation sites (tertiary alicyclic amines) is 1. The maximum Gasteiger partial charge on any atom is 0.227 e. The molecule has 0 aromatic heterocycles. The molecular weight excluding hydrogens is 414 g/mol. The summed E-state index contributed by atoms with van der Waals surface area (Å²) < 4.78 is 6.01. The second-order valence-corrected chi connectivity index (χ2v) is 11.6. The van der Waals surface area contributed by atoms with Gasteiger partial charge in [0.1, 0.15) is 0 Å². The molecule has 6 nitrogen and oxygen atoms in total. The molecule has 0 radical (unpaired) electrons. The van der Waals surface area contributed by atoms with Crippen LogP contribution in [0, 0.1) is 23.2 Å². The van der Waals surface area contributed by atoms with E-state index in [1.165, 1.54) is 5.57 Å². The lowest BCUT2D eigenvalue weighted by atomic mass is 9.84. The van der Waals surface area contributed by atoms with Crippen molar-refractivity contribution in [1.29, 1.82) is 0 Å². The summed E-state index contributed by atoms with van der Waals surface area (Å²) in [6, 6.07) is 0. The van der Waals surface area contributed by atoms with Crippen molar-refractivity contribution >= 4 is 11.8 Å². The van der Waals surface area contributed by atoms with Crippen molar-refractivity contribution in [1.82, 2.24) is 14.7 Å². The molecule has 3 aliphatic rings. The number of ether oxygens (including phenoxy) is 1. The van der Waals surface area contributed by atoms with Crippen LogP contribution in [0.4, 0.5) is 0 Å². The minimum absolute atomic E-state index is 0.187. The first-order valence-electron chi connectivity index (χ1n) is 13.2. The lowest BCUT2D eigenvalue weighted by Crippen LogP contribution is -2.51. The second kappa shape index (κ2) is 11.8. The number of piperazine rings is 1. The summed E-state index contributed by atoms with van der Waals surface area (Å²) in [6.07, 6.45) is 7.41. The number of hydrogen-bond donors (Lipinski definition) is 0. The molecular formula is C27H47N3O3. The van der Waals surface area contributed by atoms with Crippen molar-refractivity contribution in [2.75, 3.05) is 59.0 Å². The van der Waals surface area contributed by atoms with Gasteiger partial charge in [-0.15, -0.1) is 0 Å². The van der Waals surface area contributed by atoms with Crippen LogP contribution >= 0.6 is 0 Å². The second-order valence-electron chi connectivity index (χ2n) is 11.6. The summed E-state index contributed by atoms with van der Waals surface area (Å²) in [7, 11) is 0. The van der Waals surface area contributed by atoms with E-state index in [0.717, 1.165) is 91.1 Å². The van der Waals surface area contributed by atoms with Gasteiger partial charge in [0.15, 0.2) is 0 Å². The summed E-state index contributed by atoms with van der Waals surface area (Å²) >= 11 is 0. The van der Waals surface area contributed by atoms with E-state index in [4.69, 9.17) is 4.74 Å². The van der Waals surface area contributed by atoms with E-state index in [1.807, 2.05) is 25.7 Å². The van der Waals surface area contributed by atoms with Crippen molar-refractivity contribution in [3.05, 3.63) is 11.6 Å². The maximum atomic E-state index is 12.9. The van der Waals surface area contributed by atoms with E-state index >= 15 is 0 Å². The molecule has 3 rings (SSSR count). The topological polar surface area (TPSA) is 53.1 Å². The third-order valence-corrected chi connectivity index (χ3v) is 7.67. The highest BCUT2D eigenvalue weighted by atomic mass is 16.5. The zero-order valence-corrected chi connectivity index (χ0v) is 21.8. The first kappa shape index (κ1) is 26.2. The number of carbonyl (C=O) groups is 2. The van der Waals surface area contributed by atoms with E-state index < -0.39 is 0 Å². The lowest BCUT2D eigenvalue weighted by molar-refractivity contribution is -0.141. The van der Waals surface area contributed by atoms with Gasteiger partial charge in [-0.3, -0.25) is 14.5 Å². The molecule has 0 bridgehead atoms. The van der Waals surface area contributed by atoms with Crippen LogP contribution in [0.15, 0.2) is 11.6 Å². The molecule has 1 aliphatic carbocycles. The molecule has 1 unspecified atom stereocenters. The van der Waals surface area contributed by atoms with E-state index in [0.29, 0.717) is 17.7 Å². The van der Waals surface area contributed by atoms with Crippen molar-refractivity contribution in [2.24, 2.45) is 23.2 Å². The Bertz CT molecular complexity index is 681. The molecule has 2 fully saturated rings. The Morgan fingerprint density at radius 3 is 2.21 bits per heavy atom. The molecule has 2 aliphatic heterocycles. The Labute approximate surface area is 201 Å². The number of piperidine rings is 1. The van der Waals surface area contributed by atoms with Gasteiger partial charge in [-0.25, -0.2) is 0 Å². The minimum Gasteiger partial charge on any atom is -0.380 e. The van der Waals surface area contributed by atoms with Gasteiger partial charge in [0.05, 0.1) is 6.61 Å². The first-order chi connectivity index (χ1) is 15.6. The molecule has 0 aromatic rings. The highest BCUT2D eigenvalue weighted by Gasteiger charge is 2.31. The zero-order chi connectivity index (χ0) is 24.0. The fraction of sp³-hybridized carbons (Fsp3) is 0.852. The molecule has 1 atom stereocenters. The van der Waals surface area contributed by atoms with Crippen LogP contribution < -0.4 is 0 Å². The number of allylic oxidation sites excluding steroid dienone is 2. The van der Waals surface area contributed by atoms with Crippen LogP contribution in [0.2, 0.25) is 0 Å². The van der Waals surface area contributed by atoms with Gasteiger partial charge < -0.3 is 14.5 Å². The first-order valence-corrected chi connectivity index (χ1v) is 13.2. The SMILES string of the molecule is CC(C)C1=CCC(C(=O)N2CCN(CCOCC3CCN(C(=O)C(C)(C)C)CC3)CC2)CC1. The molecule has 188 valence electrons.